The predicted molar refractivity (Wildman–Crippen MR) is 132 cm³/mol. The van der Waals surface area contributed by atoms with E-state index in [1.54, 1.807) is 6.07 Å². The standard InChI is InChI=1S/C24H27N9O2/c1-3-25-23-21-17(11-19(29-30-21)27-24(34)16-10-14(16)2)18(12-26-23)22-28-20-5-4-15(13-33(20)31-22)32-6-8-35-9-7-32/h4-5,11-14,16H,3,6-10H2,1-2H3,(H,25,26)(H,27,29,34)/t14-,16+/m0/s1/i1D3,2D3,13D. The van der Waals surface area contributed by atoms with Crippen molar-refractivity contribution in [2.75, 3.05) is 48.4 Å². The van der Waals surface area contributed by atoms with Crippen LogP contribution in [0.5, 0.6) is 0 Å². The van der Waals surface area contributed by atoms with Crippen LogP contribution in [0.1, 0.15) is 29.7 Å². The van der Waals surface area contributed by atoms with Crippen molar-refractivity contribution in [2.45, 2.75) is 20.1 Å². The van der Waals surface area contributed by atoms with Crippen molar-refractivity contribution in [1.29, 1.82) is 0 Å². The quantitative estimate of drug-likeness (QED) is 0.429. The van der Waals surface area contributed by atoms with E-state index in [1.807, 2.05) is 6.07 Å². The van der Waals surface area contributed by atoms with E-state index in [4.69, 9.17) is 14.3 Å². The van der Waals surface area contributed by atoms with Gasteiger partial charge in [-0.3, -0.25) is 4.79 Å². The summed E-state index contributed by atoms with van der Waals surface area (Å²) in [5.41, 5.74) is 1.77. The lowest BCUT2D eigenvalue weighted by Crippen LogP contribution is -2.36. The topological polar surface area (TPSA) is 122 Å². The second-order valence-electron chi connectivity index (χ2n) is 8.44. The highest BCUT2D eigenvalue weighted by molar-refractivity contribution is 6.01. The van der Waals surface area contributed by atoms with Gasteiger partial charge in [-0.1, -0.05) is 6.85 Å². The van der Waals surface area contributed by atoms with Crippen molar-refractivity contribution >= 4 is 39.8 Å². The largest absolute Gasteiger partial charge is 0.378 e. The van der Waals surface area contributed by atoms with Crippen LogP contribution in [-0.4, -0.2) is 68.5 Å². The van der Waals surface area contributed by atoms with Crippen LogP contribution in [0.4, 0.5) is 17.3 Å². The Kier molecular flexibility index (Phi) is 3.79. The molecule has 2 atom stereocenters. The van der Waals surface area contributed by atoms with Crippen LogP contribution < -0.4 is 15.5 Å². The number of ether oxygens (including phenoxy) is 1. The molecule has 6 rings (SSSR count). The molecule has 5 heterocycles. The van der Waals surface area contributed by atoms with Crippen molar-refractivity contribution < 1.29 is 19.1 Å². The first-order valence-corrected chi connectivity index (χ1v) is 11.3. The number of pyridine rings is 2. The SMILES string of the molecule is [2H]c1c(N2CCOCC2)ccc2nc(-c3cnc(NCC([2H])([2H])[2H])c4nnc(NC(=O)[C@@H]5C[C@@H]5C([2H])([2H])[2H])cc34)nn12. The monoisotopic (exact) mass is 480 g/mol. The summed E-state index contributed by atoms with van der Waals surface area (Å²) in [5.74, 6) is -1.35. The van der Waals surface area contributed by atoms with E-state index in [9.17, 15) is 4.79 Å². The third-order valence-corrected chi connectivity index (χ3v) is 6.10. The number of carbonyl (C=O) groups excluding carboxylic acids is 1. The summed E-state index contributed by atoms with van der Waals surface area (Å²) in [5, 5.41) is 18.7. The second kappa shape index (κ2) is 8.73. The summed E-state index contributed by atoms with van der Waals surface area (Å²) in [4.78, 5) is 23.8. The minimum atomic E-state index is -2.27. The molecule has 0 unspecified atom stereocenters. The fourth-order valence-corrected chi connectivity index (χ4v) is 4.10. The van der Waals surface area contributed by atoms with Crippen molar-refractivity contribution in [3.63, 3.8) is 0 Å². The second-order valence-corrected chi connectivity index (χ2v) is 8.44. The van der Waals surface area contributed by atoms with Gasteiger partial charge in [0.25, 0.3) is 0 Å². The van der Waals surface area contributed by atoms with Crippen molar-refractivity contribution in [1.82, 2.24) is 29.8 Å². The smallest absolute Gasteiger partial charge is 0.228 e. The normalized spacial score (nSPS) is 23.4. The Balaban J connectivity index is 1.39. The van der Waals surface area contributed by atoms with Crippen LogP contribution in [0.15, 0.2) is 30.6 Å². The lowest BCUT2D eigenvalue weighted by molar-refractivity contribution is -0.117. The van der Waals surface area contributed by atoms with Gasteiger partial charge in [0.15, 0.2) is 23.1 Å². The van der Waals surface area contributed by atoms with Gasteiger partial charge >= 0.3 is 0 Å². The van der Waals surface area contributed by atoms with E-state index in [0.717, 1.165) is 0 Å². The number of morpholine rings is 1. The molecule has 180 valence electrons. The number of rotatable bonds is 6. The fourth-order valence-electron chi connectivity index (χ4n) is 4.10. The predicted octanol–water partition coefficient (Wildman–Crippen LogP) is 2.60. The highest BCUT2D eigenvalue weighted by atomic mass is 16.5. The Morgan fingerprint density at radius 2 is 2.23 bits per heavy atom. The average Bonchev–Trinajstić information content (AvgIpc) is 3.65. The third-order valence-electron chi connectivity index (χ3n) is 6.10. The van der Waals surface area contributed by atoms with Crippen molar-refractivity contribution in [2.24, 2.45) is 11.8 Å². The molecule has 1 saturated carbocycles. The Labute approximate surface area is 211 Å². The summed E-state index contributed by atoms with van der Waals surface area (Å²) >= 11 is 0. The molecule has 2 N–H and O–H groups in total. The highest BCUT2D eigenvalue weighted by Crippen LogP contribution is 2.38. The summed E-state index contributed by atoms with van der Waals surface area (Å²) < 4.78 is 60.9. The van der Waals surface area contributed by atoms with Crippen LogP contribution in [0.25, 0.3) is 27.9 Å². The van der Waals surface area contributed by atoms with Gasteiger partial charge in [-0.15, -0.1) is 15.3 Å². The Morgan fingerprint density at radius 1 is 1.31 bits per heavy atom. The van der Waals surface area contributed by atoms with E-state index in [0.29, 0.717) is 48.6 Å². The van der Waals surface area contributed by atoms with Crippen LogP contribution >= 0.6 is 0 Å². The van der Waals surface area contributed by atoms with E-state index >= 15 is 0 Å². The number of hydrogen-bond donors (Lipinski definition) is 2. The number of aromatic nitrogens is 6. The number of fused-ring (bicyclic) bond motifs is 2. The molecule has 0 spiro atoms. The Morgan fingerprint density at radius 3 is 3.06 bits per heavy atom. The van der Waals surface area contributed by atoms with Gasteiger partial charge in [-0.05, 0) is 37.4 Å². The third kappa shape index (κ3) is 4.12. The lowest BCUT2D eigenvalue weighted by atomic mass is 10.1. The average molecular weight is 481 g/mol. The molecular weight excluding hydrogens is 446 g/mol. The minimum absolute atomic E-state index is 0.0810. The number of carbonyl (C=O) groups is 1. The van der Waals surface area contributed by atoms with Crippen molar-refractivity contribution in [3.05, 3.63) is 30.6 Å². The van der Waals surface area contributed by atoms with E-state index < -0.39 is 31.4 Å². The van der Waals surface area contributed by atoms with E-state index in [-0.39, 0.29) is 42.1 Å². The summed E-state index contributed by atoms with van der Waals surface area (Å²) in [6.45, 7) is -2.42. The molecule has 1 aliphatic heterocycles. The lowest BCUT2D eigenvalue weighted by Gasteiger charge is -2.28. The van der Waals surface area contributed by atoms with E-state index in [2.05, 4.69) is 40.8 Å². The van der Waals surface area contributed by atoms with Gasteiger partial charge in [0.2, 0.25) is 5.91 Å². The highest BCUT2D eigenvalue weighted by Gasteiger charge is 2.39. The molecule has 0 bridgehead atoms. The molecule has 1 saturated heterocycles. The molecule has 1 amide bonds. The minimum Gasteiger partial charge on any atom is -0.378 e. The molecule has 0 aromatic carbocycles. The van der Waals surface area contributed by atoms with E-state index in [1.165, 1.54) is 16.8 Å². The first-order chi connectivity index (χ1) is 19.9. The number of nitrogens with zero attached hydrogens (tertiary/aromatic N) is 7. The number of anilines is 3. The van der Waals surface area contributed by atoms with Gasteiger partial charge in [0, 0.05) is 50.9 Å². The van der Waals surface area contributed by atoms with Gasteiger partial charge in [-0.25, -0.2) is 14.5 Å². The van der Waals surface area contributed by atoms with Gasteiger partial charge in [0.05, 0.1) is 26.4 Å². The van der Waals surface area contributed by atoms with Gasteiger partial charge in [-0.2, -0.15) is 0 Å². The maximum Gasteiger partial charge on any atom is 0.228 e. The molecule has 2 aliphatic rings. The molecule has 2 fully saturated rings. The number of nitrogens with one attached hydrogen (secondary N) is 2. The summed E-state index contributed by atoms with van der Waals surface area (Å²) in [7, 11) is 0. The van der Waals surface area contributed by atoms with Crippen LogP contribution in [0.3, 0.4) is 0 Å². The zero-order valence-corrected chi connectivity index (χ0v) is 18.7. The summed E-state index contributed by atoms with van der Waals surface area (Å²) in [6.07, 6.45) is 1.88. The molecule has 11 heteroatoms. The molecule has 4 aromatic rings. The Hall–Kier alpha value is -3.86. The maximum absolute atomic E-state index is 12.7. The molecule has 0 radical (unpaired) electrons. The zero-order valence-electron chi connectivity index (χ0n) is 25.7. The molecular formula is C24H27N9O2. The van der Waals surface area contributed by atoms with Crippen molar-refractivity contribution in [3.8, 4) is 11.4 Å². The number of amides is 1. The molecule has 11 nitrogen and oxygen atoms in total. The van der Waals surface area contributed by atoms with Gasteiger partial charge in [0.1, 0.15) is 5.52 Å². The van der Waals surface area contributed by atoms with Crippen LogP contribution in [0, 0.1) is 11.8 Å². The molecule has 4 aromatic heterocycles. The number of hydrogen-bond acceptors (Lipinski definition) is 9. The fraction of sp³-hybridized carbons (Fsp3) is 0.417. The molecule has 1 aliphatic carbocycles. The summed E-state index contributed by atoms with van der Waals surface area (Å²) in [6, 6.07) is 5.13. The first-order valence-electron chi connectivity index (χ1n) is 14.8. The maximum atomic E-state index is 12.7. The Bertz CT molecular complexity index is 1670. The zero-order chi connectivity index (χ0) is 29.8. The van der Waals surface area contributed by atoms with Crippen LogP contribution in [0.2, 0.25) is 0 Å². The van der Waals surface area contributed by atoms with Crippen LogP contribution in [-0.2, 0) is 9.53 Å². The first kappa shape index (κ1) is 15.2. The van der Waals surface area contributed by atoms with Gasteiger partial charge < -0.3 is 20.3 Å². The molecule has 35 heavy (non-hydrogen) atoms.